The molecule has 54 heavy (non-hydrogen) atoms. The molecule has 0 radical (unpaired) electrons. The van der Waals surface area contributed by atoms with Gasteiger partial charge in [-0.3, -0.25) is 19.8 Å². The van der Waals surface area contributed by atoms with Crippen LogP contribution in [-0.4, -0.2) is 80.3 Å². The number of fused-ring (bicyclic) bond motifs is 2. The topological polar surface area (TPSA) is 168 Å². The van der Waals surface area contributed by atoms with E-state index in [2.05, 4.69) is 30.4 Å². The molecule has 7 aromatic rings. The van der Waals surface area contributed by atoms with Crippen molar-refractivity contribution in [3.8, 4) is 0 Å². The fourth-order valence-electron chi connectivity index (χ4n) is 7.06. The maximum atomic E-state index is 14.0. The van der Waals surface area contributed by atoms with Gasteiger partial charge in [-0.1, -0.05) is 115 Å². The Bertz CT molecular complexity index is 2560. The maximum Gasteiger partial charge on any atom is 0.331 e. The van der Waals surface area contributed by atoms with Gasteiger partial charge in [0.2, 0.25) is 5.91 Å². The first-order valence-electron chi connectivity index (χ1n) is 17.2. The number of aliphatic carboxylic acids is 1. The molecule has 0 bridgehead atoms. The summed E-state index contributed by atoms with van der Waals surface area (Å²) in [6.07, 6.45) is 7.38. The van der Waals surface area contributed by atoms with Crippen LogP contribution in [0.15, 0.2) is 116 Å². The van der Waals surface area contributed by atoms with E-state index in [9.17, 15) is 19.5 Å². The molecule has 2 unspecified atom stereocenters. The second-order valence-electron chi connectivity index (χ2n) is 13.0. The van der Waals surface area contributed by atoms with Crippen molar-refractivity contribution < 1.29 is 19.5 Å². The largest absolute Gasteiger partial charge is 0.479 e. The van der Waals surface area contributed by atoms with Crippen LogP contribution in [0.2, 0.25) is 0 Å². The van der Waals surface area contributed by atoms with Crippen molar-refractivity contribution in [3.05, 3.63) is 142 Å². The molecule has 3 N–H and O–H groups in total. The zero-order chi connectivity index (χ0) is 37.8. The normalized spacial score (nSPS) is 14.9. The highest BCUT2D eigenvalue weighted by Gasteiger charge is 2.42. The average Bonchev–Trinajstić information content (AvgIpc) is 3.89. The number of carbonyl (C=O) groups excluding carboxylic acids is 2. The van der Waals surface area contributed by atoms with E-state index in [0.29, 0.717) is 62.8 Å². The van der Waals surface area contributed by atoms with Crippen molar-refractivity contribution in [3.63, 3.8) is 0 Å². The van der Waals surface area contributed by atoms with E-state index in [1.165, 1.54) is 10.9 Å². The molecule has 1 aliphatic rings. The number of likely N-dealkylation sites (tertiary alicyclic amines) is 1. The summed E-state index contributed by atoms with van der Waals surface area (Å²) in [5.74, 6) is -0.906. The summed E-state index contributed by atoms with van der Waals surface area (Å²) in [5, 5.41) is 24.3. The van der Waals surface area contributed by atoms with Crippen LogP contribution in [-0.2, 0) is 19.8 Å². The number of amides is 1. The molecule has 1 amide bonds. The average molecular weight is 758 g/mol. The minimum Gasteiger partial charge on any atom is -0.479 e. The number of aromatic amines is 2. The third-order valence-corrected chi connectivity index (χ3v) is 10.8. The first-order chi connectivity index (χ1) is 26.2. The fourth-order valence-corrected chi connectivity index (χ4v) is 7.66. The van der Waals surface area contributed by atoms with Gasteiger partial charge >= 0.3 is 5.97 Å². The Balaban J connectivity index is 0.000000191. The highest BCUT2D eigenvalue weighted by molar-refractivity contribution is 7.71. The molecule has 1 aliphatic heterocycles. The number of carboxylic acids is 1. The number of carbonyl (C=O) groups is 3. The number of benzene rings is 3. The Morgan fingerprint density at radius 3 is 1.61 bits per heavy atom. The molecule has 2 atom stereocenters. The molecule has 15 heteroatoms. The third kappa shape index (κ3) is 6.86. The van der Waals surface area contributed by atoms with E-state index in [1.54, 1.807) is 54.5 Å². The van der Waals surface area contributed by atoms with Gasteiger partial charge in [-0.05, 0) is 36.5 Å². The van der Waals surface area contributed by atoms with Crippen LogP contribution in [0.4, 0.5) is 0 Å². The lowest BCUT2D eigenvalue weighted by Crippen LogP contribution is -2.50. The van der Waals surface area contributed by atoms with Crippen LogP contribution in [0.25, 0.3) is 22.1 Å². The first-order valence-corrected chi connectivity index (χ1v) is 18.0. The fraction of sp³-hybridized carbons (Fsp3) is 0.205. The van der Waals surface area contributed by atoms with Gasteiger partial charge in [-0.25, -0.2) is 14.8 Å². The van der Waals surface area contributed by atoms with Crippen LogP contribution in [0.1, 0.15) is 48.5 Å². The van der Waals surface area contributed by atoms with Gasteiger partial charge in [0, 0.05) is 13.1 Å². The molecule has 0 aliphatic carbocycles. The van der Waals surface area contributed by atoms with E-state index < -0.39 is 23.5 Å². The van der Waals surface area contributed by atoms with Crippen LogP contribution < -0.4 is 0 Å². The third-order valence-electron chi connectivity index (χ3n) is 9.97. The van der Waals surface area contributed by atoms with E-state index in [1.807, 2.05) is 71.6 Å². The van der Waals surface area contributed by atoms with Crippen molar-refractivity contribution in [1.29, 1.82) is 0 Å². The summed E-state index contributed by atoms with van der Waals surface area (Å²) in [7, 11) is 0. The molecule has 1 fully saturated rings. The highest BCUT2D eigenvalue weighted by atomic mass is 32.1. The molecule has 272 valence electrons. The molecule has 8 rings (SSSR count). The summed E-state index contributed by atoms with van der Waals surface area (Å²) in [6, 6.07) is 26.9. The van der Waals surface area contributed by atoms with E-state index in [-0.39, 0.29) is 11.7 Å². The summed E-state index contributed by atoms with van der Waals surface area (Å²) in [4.78, 5) is 48.8. The van der Waals surface area contributed by atoms with E-state index >= 15 is 0 Å². The smallest absolute Gasteiger partial charge is 0.331 e. The van der Waals surface area contributed by atoms with Gasteiger partial charge in [-0.15, -0.1) is 0 Å². The molecule has 4 aromatic heterocycles. The standard InChI is InChI=1S/C26H25N5O2S.C13H10N4O2S/c1-18(32)26(20-10-6-3-7-11-20)12-14-30(15-13-26)24(33)22(19-8-4-2-5-9-19)31-17-27-23-21(25(31)34)16-28-29-23;18-13(19)10(8-4-2-1-3-5-8)17-7-14-11-9(12(17)20)6-15-16-11/h2-11,16-17,22H,12-15H2,1H3,(H,28,29);1-7,10H,(H,15,16)(H,18,19). The van der Waals surface area contributed by atoms with Crippen LogP contribution in [0.3, 0.4) is 0 Å². The van der Waals surface area contributed by atoms with E-state index in [0.717, 1.165) is 11.1 Å². The minimum absolute atomic E-state index is 0.0582. The highest BCUT2D eigenvalue weighted by Crippen LogP contribution is 2.37. The monoisotopic (exact) mass is 757 g/mol. The Kier molecular flexibility index (Phi) is 10.3. The number of hydrogen-bond acceptors (Lipinski definition) is 9. The van der Waals surface area contributed by atoms with Gasteiger partial charge < -0.3 is 19.1 Å². The van der Waals surface area contributed by atoms with Gasteiger partial charge in [0.1, 0.15) is 21.1 Å². The predicted octanol–water partition coefficient (Wildman–Crippen LogP) is 6.39. The second kappa shape index (κ2) is 15.4. The molecule has 13 nitrogen and oxygen atoms in total. The number of H-pyrrole nitrogens is 2. The van der Waals surface area contributed by atoms with Gasteiger partial charge in [-0.2, -0.15) is 10.2 Å². The summed E-state index contributed by atoms with van der Waals surface area (Å²) in [6.45, 7) is 2.64. The molecule has 0 saturated carbocycles. The van der Waals surface area contributed by atoms with Crippen LogP contribution >= 0.6 is 24.4 Å². The Morgan fingerprint density at radius 2 is 1.15 bits per heavy atom. The van der Waals surface area contributed by atoms with Crippen LogP contribution in [0.5, 0.6) is 0 Å². The number of rotatable bonds is 8. The van der Waals surface area contributed by atoms with Crippen molar-refractivity contribution in [2.45, 2.75) is 37.3 Å². The second-order valence-corrected chi connectivity index (χ2v) is 13.7. The Hall–Kier alpha value is -6.19. The van der Waals surface area contributed by atoms with Crippen molar-refractivity contribution in [1.82, 2.24) is 44.4 Å². The van der Waals surface area contributed by atoms with Crippen LogP contribution in [0, 0.1) is 9.28 Å². The van der Waals surface area contributed by atoms with Crippen molar-refractivity contribution in [2.24, 2.45) is 0 Å². The molecular formula is C39H35N9O4S2. The Morgan fingerprint density at radius 1 is 0.704 bits per heavy atom. The molecular weight excluding hydrogens is 723 g/mol. The molecule has 5 heterocycles. The first kappa shape index (κ1) is 36.2. The molecule has 1 saturated heterocycles. The zero-order valence-electron chi connectivity index (χ0n) is 29.1. The van der Waals surface area contributed by atoms with Gasteiger partial charge in [0.15, 0.2) is 17.3 Å². The number of carboxylic acid groups (broad SMARTS) is 1. The Labute approximate surface area is 319 Å². The maximum absolute atomic E-state index is 14.0. The number of hydrogen-bond donors (Lipinski definition) is 3. The number of nitrogens with one attached hydrogen (secondary N) is 2. The lowest BCUT2D eigenvalue weighted by atomic mass is 9.70. The van der Waals surface area contributed by atoms with Gasteiger partial charge in [0.25, 0.3) is 0 Å². The number of Topliss-reactive ketones (excluding diaryl/α,β-unsaturated/α-hetero) is 1. The number of nitrogens with zero attached hydrogens (tertiary/aromatic N) is 7. The zero-order valence-corrected chi connectivity index (χ0v) is 30.7. The number of piperidine rings is 1. The summed E-state index contributed by atoms with van der Waals surface area (Å²) < 4.78 is 4.10. The lowest BCUT2D eigenvalue weighted by Gasteiger charge is -2.41. The summed E-state index contributed by atoms with van der Waals surface area (Å²) in [5.41, 5.74) is 3.07. The lowest BCUT2D eigenvalue weighted by molar-refractivity contribution is -0.139. The van der Waals surface area contributed by atoms with Gasteiger partial charge in [0.05, 0.1) is 41.2 Å². The SMILES string of the molecule is CC(=O)C1(c2ccccc2)CCN(C(=O)C(c2ccccc2)n2cnc3[nH]ncc3c2=S)CC1.O=C(O)C(c1ccccc1)n1cnc2[nH]ncc2c1=S. The van der Waals surface area contributed by atoms with Crippen molar-refractivity contribution in [2.75, 3.05) is 13.1 Å². The van der Waals surface area contributed by atoms with Crippen molar-refractivity contribution >= 4 is 64.2 Å². The molecule has 3 aromatic carbocycles. The number of aromatic nitrogens is 8. The quantitative estimate of drug-likeness (QED) is 0.148. The number of ketones is 1. The summed E-state index contributed by atoms with van der Waals surface area (Å²) >= 11 is 11.1. The minimum atomic E-state index is -0.989. The predicted molar refractivity (Wildman–Crippen MR) is 207 cm³/mol. The van der Waals surface area contributed by atoms with E-state index in [4.69, 9.17) is 24.4 Å². The molecule has 0 spiro atoms.